The molecule has 0 saturated carbocycles. The van der Waals surface area contributed by atoms with Gasteiger partial charge >= 0.3 is 6.18 Å². The summed E-state index contributed by atoms with van der Waals surface area (Å²) in [6.07, 6.45) is -2.95. The molecule has 0 aliphatic rings. The van der Waals surface area contributed by atoms with Gasteiger partial charge in [0.25, 0.3) is 0 Å². The quantitative estimate of drug-likeness (QED) is 0.809. The number of alkyl halides is 3. The lowest BCUT2D eigenvalue weighted by Gasteiger charge is -2.25. The van der Waals surface area contributed by atoms with Gasteiger partial charge in [-0.3, -0.25) is 5.32 Å². The fourth-order valence-electron chi connectivity index (χ4n) is 1.79. The van der Waals surface area contributed by atoms with Gasteiger partial charge in [-0.25, -0.2) is 4.98 Å². The molecule has 1 aromatic heterocycles. The first kappa shape index (κ1) is 17.8. The Morgan fingerprint density at radius 2 is 2.05 bits per heavy atom. The van der Waals surface area contributed by atoms with Gasteiger partial charge in [0.05, 0.1) is 16.7 Å². The summed E-state index contributed by atoms with van der Waals surface area (Å²) in [5.74, 6) is 0.599. The maximum Gasteiger partial charge on any atom is 0.417 e. The molecule has 0 aliphatic heterocycles. The van der Waals surface area contributed by atoms with E-state index in [4.69, 9.17) is 0 Å². The summed E-state index contributed by atoms with van der Waals surface area (Å²) in [4.78, 5) is 3.79. The van der Waals surface area contributed by atoms with Crippen LogP contribution in [0.3, 0.4) is 0 Å². The van der Waals surface area contributed by atoms with Crippen molar-refractivity contribution in [3.63, 3.8) is 0 Å². The molecule has 0 amide bonds. The average Bonchev–Trinajstić information content (AvgIpc) is 2.37. The summed E-state index contributed by atoms with van der Waals surface area (Å²) in [6.45, 7) is 5.73. The number of pyridine rings is 1. The summed E-state index contributed by atoms with van der Waals surface area (Å²) in [7, 11) is 0. The number of thioether (sulfide) groups is 1. The molecule has 21 heavy (non-hydrogen) atoms. The van der Waals surface area contributed by atoms with Crippen LogP contribution in [0.15, 0.2) is 23.4 Å². The normalized spacial score (nSPS) is 14.8. The van der Waals surface area contributed by atoms with E-state index in [1.54, 1.807) is 0 Å². The fraction of sp³-hybridized carbons (Fsp3) is 0.571. The van der Waals surface area contributed by atoms with Gasteiger partial charge in [-0.2, -0.15) is 18.4 Å². The van der Waals surface area contributed by atoms with Crippen LogP contribution in [0.5, 0.6) is 0 Å². The molecule has 116 valence electrons. The lowest BCUT2D eigenvalue weighted by Crippen LogP contribution is -2.45. The molecule has 0 spiro atoms. The third kappa shape index (κ3) is 5.94. The zero-order chi connectivity index (χ0) is 16.1. The second kappa shape index (κ2) is 7.14. The van der Waals surface area contributed by atoms with Crippen LogP contribution >= 0.6 is 11.8 Å². The SMILES string of the molecule is CC(C)NC(C)(C#N)CCSc1ccc(C(F)(F)F)cn1. The van der Waals surface area contributed by atoms with Gasteiger partial charge in [0.1, 0.15) is 5.54 Å². The molecule has 1 N–H and O–H groups in total. The second-order valence-electron chi connectivity index (χ2n) is 5.22. The summed E-state index contributed by atoms with van der Waals surface area (Å²) >= 11 is 1.34. The van der Waals surface area contributed by atoms with Crippen LogP contribution in [-0.2, 0) is 6.18 Å². The van der Waals surface area contributed by atoms with Crippen molar-refractivity contribution in [3.05, 3.63) is 23.9 Å². The third-order valence-electron chi connectivity index (χ3n) is 2.77. The highest BCUT2D eigenvalue weighted by atomic mass is 32.2. The van der Waals surface area contributed by atoms with Crippen LogP contribution < -0.4 is 5.32 Å². The van der Waals surface area contributed by atoms with E-state index >= 15 is 0 Å². The van der Waals surface area contributed by atoms with Crippen molar-refractivity contribution >= 4 is 11.8 Å². The monoisotopic (exact) mass is 317 g/mol. The Kier molecular flexibility index (Phi) is 6.05. The van der Waals surface area contributed by atoms with E-state index < -0.39 is 17.3 Å². The minimum absolute atomic E-state index is 0.184. The van der Waals surface area contributed by atoms with Crippen molar-refractivity contribution in [2.45, 2.75) is 50.0 Å². The largest absolute Gasteiger partial charge is 0.417 e. The lowest BCUT2D eigenvalue weighted by molar-refractivity contribution is -0.137. The van der Waals surface area contributed by atoms with Crippen molar-refractivity contribution < 1.29 is 13.2 Å². The zero-order valence-corrected chi connectivity index (χ0v) is 13.0. The highest BCUT2D eigenvalue weighted by Gasteiger charge is 2.30. The Morgan fingerprint density at radius 3 is 2.48 bits per heavy atom. The van der Waals surface area contributed by atoms with Gasteiger partial charge in [-0.05, 0) is 39.3 Å². The molecular formula is C14H18F3N3S. The first-order chi connectivity index (χ1) is 9.66. The molecule has 0 saturated heterocycles. The predicted molar refractivity (Wildman–Crippen MR) is 76.9 cm³/mol. The molecule has 3 nitrogen and oxygen atoms in total. The van der Waals surface area contributed by atoms with E-state index in [2.05, 4.69) is 16.4 Å². The summed E-state index contributed by atoms with van der Waals surface area (Å²) in [5.41, 5.74) is -1.40. The molecule has 1 aromatic rings. The predicted octanol–water partition coefficient (Wildman–Crippen LogP) is 3.86. The zero-order valence-electron chi connectivity index (χ0n) is 12.2. The van der Waals surface area contributed by atoms with Gasteiger partial charge in [0.15, 0.2) is 0 Å². The molecule has 0 aliphatic carbocycles. The smallest absolute Gasteiger partial charge is 0.297 e. The molecule has 1 atom stereocenters. The van der Waals surface area contributed by atoms with E-state index in [0.717, 1.165) is 12.3 Å². The number of hydrogen-bond acceptors (Lipinski definition) is 4. The molecule has 0 bridgehead atoms. The maximum atomic E-state index is 12.4. The first-order valence-electron chi connectivity index (χ1n) is 6.51. The van der Waals surface area contributed by atoms with Crippen molar-refractivity contribution in [3.8, 4) is 6.07 Å². The van der Waals surface area contributed by atoms with Crippen LogP contribution in [0.25, 0.3) is 0 Å². The van der Waals surface area contributed by atoms with Crippen LogP contribution in [0.1, 0.15) is 32.8 Å². The molecule has 1 rings (SSSR count). The van der Waals surface area contributed by atoms with Gasteiger partial charge in [-0.15, -0.1) is 11.8 Å². The molecule has 1 heterocycles. The standard InChI is InChI=1S/C14H18F3N3S/c1-10(2)20-13(3,9-18)6-7-21-12-5-4-11(8-19-12)14(15,16)17/h4-5,8,10,20H,6-7H2,1-3H3. The number of halogens is 3. The molecule has 0 radical (unpaired) electrons. The average molecular weight is 317 g/mol. The number of hydrogen-bond donors (Lipinski definition) is 1. The second-order valence-corrected chi connectivity index (χ2v) is 6.34. The topological polar surface area (TPSA) is 48.7 Å². The van der Waals surface area contributed by atoms with Gasteiger partial charge in [-0.1, -0.05) is 0 Å². The van der Waals surface area contributed by atoms with Crippen molar-refractivity contribution in [1.29, 1.82) is 5.26 Å². The van der Waals surface area contributed by atoms with Crippen LogP contribution in [-0.4, -0.2) is 22.3 Å². The van der Waals surface area contributed by atoms with Crippen molar-refractivity contribution in [1.82, 2.24) is 10.3 Å². The Bertz CT molecular complexity index is 494. The Labute approximate surface area is 126 Å². The number of aromatic nitrogens is 1. The Morgan fingerprint density at radius 1 is 1.38 bits per heavy atom. The molecule has 0 fully saturated rings. The van der Waals surface area contributed by atoms with Gasteiger partial charge in [0.2, 0.25) is 0 Å². The van der Waals surface area contributed by atoms with Gasteiger partial charge in [0, 0.05) is 18.0 Å². The third-order valence-corrected chi connectivity index (χ3v) is 3.72. The van der Waals surface area contributed by atoms with Crippen LogP contribution in [0.4, 0.5) is 13.2 Å². The molecule has 0 aromatic carbocycles. The van der Waals surface area contributed by atoms with E-state index in [9.17, 15) is 18.4 Å². The minimum atomic E-state index is -4.36. The highest BCUT2D eigenvalue weighted by Crippen LogP contribution is 2.29. The number of nitrogens with zero attached hydrogens (tertiary/aromatic N) is 2. The minimum Gasteiger partial charge on any atom is -0.297 e. The number of nitriles is 1. The summed E-state index contributed by atoms with van der Waals surface area (Å²) in [6, 6.07) is 4.79. The summed E-state index contributed by atoms with van der Waals surface area (Å²) < 4.78 is 37.2. The van der Waals surface area contributed by atoms with Gasteiger partial charge < -0.3 is 0 Å². The number of nitrogens with one attached hydrogen (secondary N) is 1. The lowest BCUT2D eigenvalue weighted by atomic mass is 10.0. The molecular weight excluding hydrogens is 299 g/mol. The number of rotatable bonds is 6. The van der Waals surface area contributed by atoms with Crippen molar-refractivity contribution in [2.75, 3.05) is 5.75 Å². The van der Waals surface area contributed by atoms with Crippen molar-refractivity contribution in [2.24, 2.45) is 0 Å². The van der Waals surface area contributed by atoms with Crippen LogP contribution in [0, 0.1) is 11.3 Å². The Balaban J connectivity index is 2.54. The maximum absolute atomic E-state index is 12.4. The van der Waals surface area contributed by atoms with E-state index in [-0.39, 0.29) is 6.04 Å². The highest BCUT2D eigenvalue weighted by molar-refractivity contribution is 7.99. The molecule has 1 unspecified atom stereocenters. The molecule has 7 heteroatoms. The fourth-order valence-corrected chi connectivity index (χ4v) is 2.80. The van der Waals surface area contributed by atoms with Crippen LogP contribution in [0.2, 0.25) is 0 Å². The Hall–Kier alpha value is -1.26. The first-order valence-corrected chi connectivity index (χ1v) is 7.50. The van der Waals surface area contributed by atoms with E-state index in [1.165, 1.54) is 17.8 Å². The van der Waals surface area contributed by atoms with E-state index in [0.29, 0.717) is 17.2 Å². The summed E-state index contributed by atoms with van der Waals surface area (Å²) in [5, 5.41) is 12.9. The van der Waals surface area contributed by atoms with E-state index in [1.807, 2.05) is 20.8 Å².